The Hall–Kier alpha value is -2.96. The van der Waals surface area contributed by atoms with Crippen molar-refractivity contribution in [3.05, 3.63) is 70.9 Å². The minimum atomic E-state index is -0.253. The summed E-state index contributed by atoms with van der Waals surface area (Å²) in [6.07, 6.45) is 4.11. The van der Waals surface area contributed by atoms with E-state index in [1.165, 1.54) is 12.1 Å². The van der Waals surface area contributed by atoms with Crippen molar-refractivity contribution in [1.82, 2.24) is 20.1 Å². The molecule has 3 aromatic rings. The Morgan fingerprint density at radius 2 is 2.14 bits per heavy atom. The van der Waals surface area contributed by atoms with E-state index in [9.17, 15) is 9.18 Å². The number of piperidine rings is 1. The third-order valence-corrected chi connectivity index (χ3v) is 5.36. The topological polar surface area (TPSA) is 75.0 Å². The molecule has 6 nitrogen and oxygen atoms in total. The van der Waals surface area contributed by atoms with Gasteiger partial charge in [-0.2, -0.15) is 5.10 Å². The van der Waals surface area contributed by atoms with Gasteiger partial charge >= 0.3 is 0 Å². The molecule has 1 aliphatic rings. The van der Waals surface area contributed by atoms with Gasteiger partial charge in [-0.25, -0.2) is 9.37 Å². The fourth-order valence-corrected chi connectivity index (χ4v) is 3.66. The second kappa shape index (κ2) is 8.19. The predicted octanol–water partition coefficient (Wildman–Crippen LogP) is 4.27. The molecule has 152 valence electrons. The van der Waals surface area contributed by atoms with Gasteiger partial charge in [0.15, 0.2) is 5.89 Å². The Morgan fingerprint density at radius 1 is 1.34 bits per heavy atom. The van der Waals surface area contributed by atoms with E-state index in [0.29, 0.717) is 37.0 Å². The van der Waals surface area contributed by atoms with Crippen molar-refractivity contribution in [2.75, 3.05) is 13.1 Å². The molecule has 1 fully saturated rings. The van der Waals surface area contributed by atoms with Crippen LogP contribution < -0.4 is 0 Å². The Labute approximate surface area is 169 Å². The largest absolute Gasteiger partial charge is 0.445 e. The highest BCUT2D eigenvalue weighted by Crippen LogP contribution is 2.28. The number of nitrogens with one attached hydrogen (secondary N) is 1. The van der Waals surface area contributed by atoms with Crippen LogP contribution in [0.25, 0.3) is 0 Å². The lowest BCUT2D eigenvalue weighted by molar-refractivity contribution is 0.0692. The van der Waals surface area contributed by atoms with Crippen molar-refractivity contribution in [3.63, 3.8) is 0 Å². The van der Waals surface area contributed by atoms with Crippen LogP contribution in [0.15, 0.2) is 40.9 Å². The van der Waals surface area contributed by atoms with Crippen LogP contribution >= 0.6 is 0 Å². The van der Waals surface area contributed by atoms with E-state index in [1.807, 2.05) is 11.0 Å². The molecule has 0 saturated carbocycles. The van der Waals surface area contributed by atoms with E-state index in [2.05, 4.69) is 29.0 Å². The molecule has 1 N–H and O–H groups in total. The number of halogens is 1. The van der Waals surface area contributed by atoms with Crippen LogP contribution in [0.5, 0.6) is 0 Å². The summed E-state index contributed by atoms with van der Waals surface area (Å²) in [6, 6.07) is 8.21. The molecule has 1 atom stereocenters. The van der Waals surface area contributed by atoms with Gasteiger partial charge in [-0.1, -0.05) is 26.0 Å². The molecule has 29 heavy (non-hydrogen) atoms. The molecular formula is C22H25FN4O2. The standard InChI is InChI=1S/C22H25FN4O2/c1-14(2)19-11-20(26-25-19)22(28)27-9-3-4-16(13-27)21-24-12-18(29-21)10-15-5-7-17(23)8-6-15/h5-8,11-12,14,16H,3-4,9-10,13H2,1-2H3,(H,25,26)/t16-/m0/s1. The lowest BCUT2D eigenvalue weighted by Crippen LogP contribution is -2.39. The SMILES string of the molecule is CC(C)c1cc(C(=O)N2CCC[C@H](c3ncc(Cc4ccc(F)cc4)o3)C2)n[nH]1. The lowest BCUT2D eigenvalue weighted by atomic mass is 9.97. The second-order valence-electron chi connectivity index (χ2n) is 7.92. The van der Waals surface area contributed by atoms with Crippen molar-refractivity contribution < 1.29 is 13.6 Å². The zero-order valence-electron chi connectivity index (χ0n) is 16.7. The molecular weight excluding hydrogens is 371 g/mol. The first-order valence-corrected chi connectivity index (χ1v) is 10.0. The molecule has 1 aliphatic heterocycles. The number of amides is 1. The van der Waals surface area contributed by atoms with Crippen molar-refractivity contribution >= 4 is 5.91 Å². The maximum absolute atomic E-state index is 13.1. The van der Waals surface area contributed by atoms with Gasteiger partial charge in [0.05, 0.1) is 12.1 Å². The number of carbonyl (C=O) groups is 1. The average Bonchev–Trinajstić information content (AvgIpc) is 3.39. The molecule has 0 spiro atoms. The monoisotopic (exact) mass is 396 g/mol. The summed E-state index contributed by atoms with van der Waals surface area (Å²) in [7, 11) is 0. The van der Waals surface area contributed by atoms with Crippen LogP contribution in [-0.4, -0.2) is 39.1 Å². The quantitative estimate of drug-likeness (QED) is 0.699. The van der Waals surface area contributed by atoms with Gasteiger partial charge in [-0.15, -0.1) is 0 Å². The number of benzene rings is 1. The molecule has 1 saturated heterocycles. The van der Waals surface area contributed by atoms with Gasteiger partial charge in [0.25, 0.3) is 5.91 Å². The first-order valence-electron chi connectivity index (χ1n) is 10.0. The number of H-pyrrole nitrogens is 1. The molecule has 7 heteroatoms. The summed E-state index contributed by atoms with van der Waals surface area (Å²) in [4.78, 5) is 19.1. The van der Waals surface area contributed by atoms with Gasteiger partial charge in [-0.05, 0) is 42.5 Å². The number of aromatic amines is 1. The molecule has 3 heterocycles. The Balaban J connectivity index is 1.42. The molecule has 1 amide bonds. The number of likely N-dealkylation sites (tertiary alicyclic amines) is 1. The van der Waals surface area contributed by atoms with Gasteiger partial charge in [0.1, 0.15) is 17.3 Å². The third kappa shape index (κ3) is 4.39. The fourth-order valence-electron chi connectivity index (χ4n) is 3.66. The highest BCUT2D eigenvalue weighted by atomic mass is 19.1. The van der Waals surface area contributed by atoms with Crippen LogP contribution in [0, 0.1) is 5.82 Å². The van der Waals surface area contributed by atoms with E-state index >= 15 is 0 Å². The number of hydrogen-bond donors (Lipinski definition) is 1. The lowest BCUT2D eigenvalue weighted by Gasteiger charge is -2.30. The summed E-state index contributed by atoms with van der Waals surface area (Å²) < 4.78 is 19.0. The maximum atomic E-state index is 13.1. The van der Waals surface area contributed by atoms with Gasteiger partial charge in [0.2, 0.25) is 0 Å². The van der Waals surface area contributed by atoms with E-state index in [1.54, 1.807) is 18.3 Å². The van der Waals surface area contributed by atoms with Crippen LogP contribution in [0.1, 0.15) is 71.9 Å². The Kier molecular flexibility index (Phi) is 5.47. The van der Waals surface area contributed by atoms with Gasteiger partial charge in [-0.3, -0.25) is 9.89 Å². The van der Waals surface area contributed by atoms with Crippen LogP contribution in [-0.2, 0) is 6.42 Å². The number of nitrogens with zero attached hydrogens (tertiary/aromatic N) is 3. The summed E-state index contributed by atoms with van der Waals surface area (Å²) in [5.41, 5.74) is 2.38. The van der Waals surface area contributed by atoms with E-state index in [0.717, 1.165) is 29.9 Å². The highest BCUT2D eigenvalue weighted by Gasteiger charge is 2.29. The van der Waals surface area contributed by atoms with Crippen LogP contribution in [0.4, 0.5) is 4.39 Å². The molecule has 0 aliphatic carbocycles. The van der Waals surface area contributed by atoms with Crippen molar-refractivity contribution in [2.45, 2.75) is 44.9 Å². The van der Waals surface area contributed by atoms with Crippen molar-refractivity contribution in [3.8, 4) is 0 Å². The first kappa shape index (κ1) is 19.4. The zero-order chi connectivity index (χ0) is 20.4. The van der Waals surface area contributed by atoms with E-state index in [-0.39, 0.29) is 17.6 Å². The third-order valence-electron chi connectivity index (χ3n) is 5.36. The average molecular weight is 396 g/mol. The Bertz CT molecular complexity index is 977. The summed E-state index contributed by atoms with van der Waals surface area (Å²) in [5, 5.41) is 7.13. The minimum Gasteiger partial charge on any atom is -0.445 e. The van der Waals surface area contributed by atoms with Crippen molar-refractivity contribution in [1.29, 1.82) is 0 Å². The number of oxazole rings is 1. The van der Waals surface area contributed by atoms with Crippen LogP contribution in [0.2, 0.25) is 0 Å². The summed E-state index contributed by atoms with van der Waals surface area (Å²) in [6.45, 7) is 5.40. The fraction of sp³-hybridized carbons (Fsp3) is 0.409. The highest BCUT2D eigenvalue weighted by molar-refractivity contribution is 5.92. The molecule has 4 rings (SSSR count). The number of hydrogen-bond acceptors (Lipinski definition) is 4. The van der Waals surface area contributed by atoms with Gasteiger partial charge in [0, 0.05) is 25.2 Å². The number of carbonyl (C=O) groups excluding carboxylic acids is 1. The molecule has 0 bridgehead atoms. The minimum absolute atomic E-state index is 0.0593. The van der Waals surface area contributed by atoms with E-state index < -0.39 is 0 Å². The normalized spacial score (nSPS) is 17.1. The molecule has 0 radical (unpaired) electrons. The first-order chi connectivity index (χ1) is 14.0. The Morgan fingerprint density at radius 3 is 2.86 bits per heavy atom. The van der Waals surface area contributed by atoms with E-state index in [4.69, 9.17) is 4.42 Å². The number of aromatic nitrogens is 3. The maximum Gasteiger partial charge on any atom is 0.274 e. The van der Waals surface area contributed by atoms with Crippen LogP contribution in [0.3, 0.4) is 0 Å². The zero-order valence-corrected chi connectivity index (χ0v) is 16.7. The van der Waals surface area contributed by atoms with Crippen molar-refractivity contribution in [2.24, 2.45) is 0 Å². The molecule has 0 unspecified atom stereocenters. The smallest absolute Gasteiger partial charge is 0.274 e. The molecule has 2 aromatic heterocycles. The summed E-state index contributed by atoms with van der Waals surface area (Å²) in [5.74, 6) is 1.45. The molecule has 1 aromatic carbocycles. The summed E-state index contributed by atoms with van der Waals surface area (Å²) >= 11 is 0. The predicted molar refractivity (Wildman–Crippen MR) is 106 cm³/mol. The van der Waals surface area contributed by atoms with Gasteiger partial charge < -0.3 is 9.32 Å². The number of rotatable bonds is 5. The second-order valence-corrected chi connectivity index (χ2v) is 7.92.